The molecule has 0 radical (unpaired) electrons. The van der Waals surface area contributed by atoms with Crippen molar-refractivity contribution in [3.63, 3.8) is 0 Å². The third kappa shape index (κ3) is 3.02. The zero-order valence-corrected chi connectivity index (χ0v) is 11.2. The number of amides is 1. The molecule has 0 spiro atoms. The van der Waals surface area contributed by atoms with Gasteiger partial charge in [-0.05, 0) is 17.5 Å². The van der Waals surface area contributed by atoms with Gasteiger partial charge in [-0.1, -0.05) is 67.6 Å². The molecule has 0 aliphatic carbocycles. The first kappa shape index (κ1) is 13.3. The molecule has 0 unspecified atom stereocenters. The van der Waals surface area contributed by atoms with Gasteiger partial charge in [0.2, 0.25) is 5.91 Å². The van der Waals surface area contributed by atoms with Gasteiger partial charge in [0.15, 0.2) is 0 Å². The minimum Gasteiger partial charge on any atom is -0.370 e. The van der Waals surface area contributed by atoms with Crippen LogP contribution in [0.2, 0.25) is 0 Å². The van der Waals surface area contributed by atoms with Gasteiger partial charge in [-0.25, -0.2) is 0 Å². The fourth-order valence-electron chi connectivity index (χ4n) is 2.44. The molecule has 0 fully saturated rings. The maximum Gasteiger partial charge on any atom is 0.217 e. The lowest BCUT2D eigenvalue weighted by molar-refractivity contribution is -0.118. The van der Waals surface area contributed by atoms with Gasteiger partial charge < -0.3 is 5.73 Å². The molecule has 0 bridgehead atoms. The molecule has 2 aromatic carbocycles. The fraction of sp³-hybridized carbons (Fsp3) is 0.235. The first-order chi connectivity index (χ1) is 9.13. The Morgan fingerprint density at radius 1 is 0.947 bits per heavy atom. The van der Waals surface area contributed by atoms with Crippen LogP contribution in [0.3, 0.4) is 0 Å². The van der Waals surface area contributed by atoms with E-state index in [0.29, 0.717) is 6.42 Å². The van der Waals surface area contributed by atoms with Gasteiger partial charge in [0, 0.05) is 11.8 Å². The van der Waals surface area contributed by atoms with Crippen LogP contribution in [0.5, 0.6) is 0 Å². The van der Waals surface area contributed by atoms with Crippen molar-refractivity contribution in [3.05, 3.63) is 71.8 Å². The van der Waals surface area contributed by atoms with Crippen molar-refractivity contribution in [3.8, 4) is 0 Å². The number of nitrogens with two attached hydrogens (primary N) is 1. The molecule has 0 heterocycles. The van der Waals surface area contributed by atoms with Crippen LogP contribution >= 0.6 is 0 Å². The first-order valence-electron chi connectivity index (χ1n) is 6.52. The maximum atomic E-state index is 11.1. The monoisotopic (exact) mass is 253 g/mol. The molecular formula is C17H19NO. The predicted octanol–water partition coefficient (Wildman–Crippen LogP) is 3.26. The van der Waals surface area contributed by atoms with Crippen molar-refractivity contribution in [2.24, 2.45) is 5.73 Å². The largest absolute Gasteiger partial charge is 0.370 e. The van der Waals surface area contributed by atoms with Crippen LogP contribution in [0.4, 0.5) is 0 Å². The average Bonchev–Trinajstić information content (AvgIpc) is 2.46. The minimum atomic E-state index is -0.252. The second kappa shape index (κ2) is 5.70. The van der Waals surface area contributed by atoms with Crippen LogP contribution in [-0.2, 0) is 10.2 Å². The summed E-state index contributed by atoms with van der Waals surface area (Å²) < 4.78 is 0. The minimum absolute atomic E-state index is 0.183. The first-order valence-corrected chi connectivity index (χ1v) is 6.52. The Kier molecular flexibility index (Phi) is 4.00. The zero-order valence-electron chi connectivity index (χ0n) is 11.2. The molecule has 98 valence electrons. The van der Waals surface area contributed by atoms with Crippen molar-refractivity contribution >= 4 is 5.91 Å². The summed E-state index contributed by atoms with van der Waals surface area (Å²) in [5.74, 6) is -0.252. The highest BCUT2D eigenvalue weighted by molar-refractivity contribution is 5.74. The van der Waals surface area contributed by atoms with E-state index in [4.69, 9.17) is 5.73 Å². The molecule has 0 saturated carbocycles. The molecule has 1 amide bonds. The second-order valence-electron chi connectivity index (χ2n) is 5.03. The number of rotatable bonds is 5. The number of hydrogen-bond acceptors (Lipinski definition) is 1. The van der Waals surface area contributed by atoms with Crippen molar-refractivity contribution in [2.45, 2.75) is 25.2 Å². The third-order valence-corrected chi connectivity index (χ3v) is 3.69. The number of benzene rings is 2. The van der Waals surface area contributed by atoms with E-state index in [0.717, 1.165) is 6.42 Å². The Hall–Kier alpha value is -2.09. The number of carbonyl (C=O) groups excluding carboxylic acids is 1. The fourth-order valence-corrected chi connectivity index (χ4v) is 2.44. The Bertz CT molecular complexity index is 494. The van der Waals surface area contributed by atoms with Gasteiger partial charge >= 0.3 is 0 Å². The highest BCUT2D eigenvalue weighted by atomic mass is 16.1. The van der Waals surface area contributed by atoms with Crippen LogP contribution in [-0.4, -0.2) is 5.91 Å². The van der Waals surface area contributed by atoms with Gasteiger partial charge in [0.1, 0.15) is 0 Å². The van der Waals surface area contributed by atoms with Gasteiger partial charge in [-0.3, -0.25) is 4.79 Å². The molecule has 0 aliphatic rings. The zero-order chi connectivity index (χ0) is 13.7. The molecule has 0 aromatic heterocycles. The van der Waals surface area contributed by atoms with Crippen LogP contribution in [0.15, 0.2) is 60.7 Å². The van der Waals surface area contributed by atoms with E-state index in [-0.39, 0.29) is 11.3 Å². The normalized spacial score (nSPS) is 11.2. The third-order valence-electron chi connectivity index (χ3n) is 3.69. The number of hydrogen-bond donors (Lipinski definition) is 1. The van der Waals surface area contributed by atoms with Crippen molar-refractivity contribution in [1.82, 2.24) is 0 Å². The van der Waals surface area contributed by atoms with E-state index in [1.54, 1.807) is 0 Å². The quantitative estimate of drug-likeness (QED) is 0.873. The molecule has 0 atom stereocenters. The smallest absolute Gasteiger partial charge is 0.217 e. The lowest BCUT2D eigenvalue weighted by Gasteiger charge is -2.30. The summed E-state index contributed by atoms with van der Waals surface area (Å²) >= 11 is 0. The molecule has 2 nitrogen and oxygen atoms in total. The maximum absolute atomic E-state index is 11.1. The average molecular weight is 253 g/mol. The molecular weight excluding hydrogens is 234 g/mol. The van der Waals surface area contributed by atoms with E-state index in [1.807, 2.05) is 36.4 Å². The summed E-state index contributed by atoms with van der Waals surface area (Å²) in [6.07, 6.45) is 1.11. The standard InChI is InChI=1S/C17H19NO/c1-17(13-12-16(18)19,14-8-4-2-5-9-14)15-10-6-3-7-11-15/h2-11H,12-13H2,1H3,(H2,18,19). The van der Waals surface area contributed by atoms with Crippen LogP contribution in [0.25, 0.3) is 0 Å². The van der Waals surface area contributed by atoms with Crippen molar-refractivity contribution < 1.29 is 4.79 Å². The molecule has 19 heavy (non-hydrogen) atoms. The summed E-state index contributed by atoms with van der Waals surface area (Å²) in [6, 6.07) is 20.5. The van der Waals surface area contributed by atoms with Crippen LogP contribution in [0.1, 0.15) is 30.9 Å². The Morgan fingerprint density at radius 2 is 1.37 bits per heavy atom. The SMILES string of the molecule is CC(CCC(N)=O)(c1ccccc1)c1ccccc1. The molecule has 2 rings (SSSR count). The van der Waals surface area contributed by atoms with Crippen LogP contribution in [0, 0.1) is 0 Å². The Balaban J connectivity index is 2.41. The number of carbonyl (C=O) groups is 1. The van der Waals surface area contributed by atoms with Gasteiger partial charge in [-0.15, -0.1) is 0 Å². The molecule has 2 aromatic rings. The Morgan fingerprint density at radius 3 is 1.74 bits per heavy atom. The van der Waals surface area contributed by atoms with E-state index in [1.165, 1.54) is 11.1 Å². The summed E-state index contributed by atoms with van der Waals surface area (Å²) in [5.41, 5.74) is 7.56. The highest BCUT2D eigenvalue weighted by Crippen LogP contribution is 2.36. The lowest BCUT2D eigenvalue weighted by atomic mass is 9.73. The predicted molar refractivity (Wildman–Crippen MR) is 77.8 cm³/mol. The Labute approximate surface area is 114 Å². The van der Waals surface area contributed by atoms with Gasteiger partial charge in [-0.2, -0.15) is 0 Å². The number of primary amides is 1. The second-order valence-corrected chi connectivity index (χ2v) is 5.03. The van der Waals surface area contributed by atoms with Crippen LogP contribution < -0.4 is 5.73 Å². The van der Waals surface area contributed by atoms with E-state index in [9.17, 15) is 4.79 Å². The van der Waals surface area contributed by atoms with Crippen molar-refractivity contribution in [1.29, 1.82) is 0 Å². The summed E-state index contributed by atoms with van der Waals surface area (Å²) in [5, 5.41) is 0. The van der Waals surface area contributed by atoms with E-state index in [2.05, 4.69) is 31.2 Å². The summed E-state index contributed by atoms with van der Waals surface area (Å²) in [7, 11) is 0. The molecule has 0 aliphatic heterocycles. The molecule has 2 N–H and O–H groups in total. The molecule has 2 heteroatoms. The summed E-state index contributed by atoms with van der Waals surface area (Å²) in [6.45, 7) is 2.17. The van der Waals surface area contributed by atoms with E-state index >= 15 is 0 Å². The summed E-state index contributed by atoms with van der Waals surface area (Å²) in [4.78, 5) is 11.1. The van der Waals surface area contributed by atoms with Crippen molar-refractivity contribution in [2.75, 3.05) is 0 Å². The van der Waals surface area contributed by atoms with Gasteiger partial charge in [0.25, 0.3) is 0 Å². The lowest BCUT2D eigenvalue weighted by Crippen LogP contribution is -2.26. The van der Waals surface area contributed by atoms with Gasteiger partial charge in [0.05, 0.1) is 0 Å². The topological polar surface area (TPSA) is 43.1 Å². The van der Waals surface area contributed by atoms with E-state index < -0.39 is 0 Å². The molecule has 0 saturated heterocycles. The highest BCUT2D eigenvalue weighted by Gasteiger charge is 2.28.